The van der Waals surface area contributed by atoms with Crippen molar-refractivity contribution in [2.75, 3.05) is 20.3 Å². The Morgan fingerprint density at radius 1 is 1.59 bits per heavy atom. The van der Waals surface area contributed by atoms with Gasteiger partial charge in [0.05, 0.1) is 12.7 Å². The lowest BCUT2D eigenvalue weighted by atomic mass is 10.0. The molecule has 17 heavy (non-hydrogen) atoms. The Balaban J connectivity index is 2.04. The lowest BCUT2D eigenvalue weighted by Crippen LogP contribution is -2.45. The summed E-state index contributed by atoms with van der Waals surface area (Å²) in [5.41, 5.74) is -0.698. The summed E-state index contributed by atoms with van der Waals surface area (Å²) in [6, 6.07) is 2.44. The fraction of sp³-hybridized carbons (Fsp3) is 0.846. The van der Waals surface area contributed by atoms with Gasteiger partial charge in [0, 0.05) is 19.7 Å². The predicted octanol–water partition coefficient (Wildman–Crippen LogP) is 1.56. The molecule has 0 bridgehead atoms. The Kier molecular flexibility index (Phi) is 3.39. The maximum absolute atomic E-state index is 12.4. The van der Waals surface area contributed by atoms with Crippen molar-refractivity contribution in [2.45, 2.75) is 38.6 Å². The molecule has 0 aromatic rings. The zero-order valence-corrected chi connectivity index (χ0v) is 10.6. The van der Waals surface area contributed by atoms with Gasteiger partial charge in [0.1, 0.15) is 5.41 Å². The maximum Gasteiger partial charge on any atom is 0.243 e. The molecule has 1 unspecified atom stereocenters. The minimum absolute atomic E-state index is 0.0245. The molecule has 1 atom stereocenters. The van der Waals surface area contributed by atoms with Crippen LogP contribution in [-0.4, -0.2) is 37.1 Å². The number of rotatable bonds is 6. The molecule has 0 radical (unpaired) electrons. The van der Waals surface area contributed by atoms with Crippen LogP contribution in [0, 0.1) is 22.7 Å². The molecule has 0 aromatic carbocycles. The van der Waals surface area contributed by atoms with Crippen molar-refractivity contribution < 1.29 is 9.53 Å². The quantitative estimate of drug-likeness (QED) is 0.703. The number of carbonyl (C=O) groups is 1. The van der Waals surface area contributed by atoms with Gasteiger partial charge in [-0.1, -0.05) is 0 Å². The Morgan fingerprint density at radius 2 is 2.24 bits per heavy atom. The molecule has 94 valence electrons. The normalized spacial score (nSPS) is 22.6. The van der Waals surface area contributed by atoms with Gasteiger partial charge in [-0.05, 0) is 38.5 Å². The Hall–Kier alpha value is -1.08. The Bertz CT molecular complexity index is 340. The molecule has 2 saturated carbocycles. The maximum atomic E-state index is 12.4. The molecule has 0 heterocycles. The average molecular weight is 236 g/mol. The van der Waals surface area contributed by atoms with Gasteiger partial charge in [-0.15, -0.1) is 0 Å². The minimum atomic E-state index is -0.698. The van der Waals surface area contributed by atoms with Gasteiger partial charge in [0.2, 0.25) is 5.91 Å². The summed E-state index contributed by atoms with van der Waals surface area (Å²) >= 11 is 0. The van der Waals surface area contributed by atoms with E-state index in [1.165, 1.54) is 12.8 Å². The molecule has 1 amide bonds. The highest BCUT2D eigenvalue weighted by Crippen LogP contribution is 2.47. The number of nitriles is 1. The van der Waals surface area contributed by atoms with E-state index < -0.39 is 5.41 Å². The monoisotopic (exact) mass is 236 g/mol. The highest BCUT2D eigenvalue weighted by molar-refractivity contribution is 5.88. The van der Waals surface area contributed by atoms with E-state index in [1.54, 1.807) is 7.11 Å². The van der Waals surface area contributed by atoms with Gasteiger partial charge in [-0.2, -0.15) is 5.26 Å². The molecule has 0 spiro atoms. The lowest BCUT2D eigenvalue weighted by molar-refractivity contribution is -0.138. The second-order valence-corrected chi connectivity index (χ2v) is 5.26. The average Bonchev–Trinajstić information content (AvgIpc) is 3.19. The standard InChI is InChI=1S/C13H20N2O2/c1-10(11-3-4-11)15(7-8-17-2)12(16)13(9-14)5-6-13/h10-11H,3-8H2,1-2H3. The molecular weight excluding hydrogens is 216 g/mol. The van der Waals surface area contributed by atoms with Gasteiger partial charge in [0.15, 0.2) is 0 Å². The first kappa shape index (κ1) is 12.4. The zero-order valence-electron chi connectivity index (χ0n) is 10.6. The fourth-order valence-corrected chi connectivity index (χ4v) is 2.29. The summed E-state index contributed by atoms with van der Waals surface area (Å²) in [7, 11) is 1.64. The van der Waals surface area contributed by atoms with Crippen LogP contribution in [0.5, 0.6) is 0 Å². The third-order valence-corrected chi connectivity index (χ3v) is 3.97. The highest BCUT2D eigenvalue weighted by atomic mass is 16.5. The van der Waals surface area contributed by atoms with E-state index in [-0.39, 0.29) is 11.9 Å². The lowest BCUT2D eigenvalue weighted by Gasteiger charge is -2.31. The zero-order chi connectivity index (χ0) is 12.5. The van der Waals surface area contributed by atoms with Crippen LogP contribution in [0.1, 0.15) is 32.6 Å². The van der Waals surface area contributed by atoms with Crippen LogP contribution < -0.4 is 0 Å². The molecule has 2 rings (SSSR count). The van der Waals surface area contributed by atoms with E-state index >= 15 is 0 Å². The van der Waals surface area contributed by atoms with Gasteiger partial charge < -0.3 is 9.64 Å². The number of carbonyl (C=O) groups excluding carboxylic acids is 1. The van der Waals surface area contributed by atoms with Crippen LogP contribution in [-0.2, 0) is 9.53 Å². The number of nitrogens with zero attached hydrogens (tertiary/aromatic N) is 2. The van der Waals surface area contributed by atoms with E-state index in [1.807, 2.05) is 4.90 Å². The SMILES string of the molecule is COCCN(C(=O)C1(C#N)CC1)C(C)C1CC1. The van der Waals surface area contributed by atoms with Crippen molar-refractivity contribution >= 4 is 5.91 Å². The number of hydrogen-bond donors (Lipinski definition) is 0. The summed E-state index contributed by atoms with van der Waals surface area (Å²) in [5, 5.41) is 9.11. The van der Waals surface area contributed by atoms with Crippen molar-refractivity contribution in [1.82, 2.24) is 4.90 Å². The third kappa shape index (κ3) is 2.44. The summed E-state index contributed by atoms with van der Waals surface area (Å²) in [6.45, 7) is 3.25. The van der Waals surface area contributed by atoms with Gasteiger partial charge in [0.25, 0.3) is 0 Å². The van der Waals surface area contributed by atoms with Crippen LogP contribution in [0.25, 0.3) is 0 Å². The molecule has 2 fully saturated rings. The largest absolute Gasteiger partial charge is 0.383 e. The van der Waals surface area contributed by atoms with Crippen molar-refractivity contribution in [3.05, 3.63) is 0 Å². The van der Waals surface area contributed by atoms with Gasteiger partial charge in [-0.3, -0.25) is 4.79 Å². The first-order valence-electron chi connectivity index (χ1n) is 6.36. The first-order chi connectivity index (χ1) is 8.14. The molecule has 0 N–H and O–H groups in total. The van der Waals surface area contributed by atoms with E-state index in [0.29, 0.717) is 19.1 Å². The molecule has 2 aliphatic rings. The first-order valence-corrected chi connectivity index (χ1v) is 6.36. The predicted molar refractivity (Wildman–Crippen MR) is 63.1 cm³/mol. The second-order valence-electron chi connectivity index (χ2n) is 5.26. The fourth-order valence-electron chi connectivity index (χ4n) is 2.29. The van der Waals surface area contributed by atoms with Crippen LogP contribution >= 0.6 is 0 Å². The van der Waals surface area contributed by atoms with Crippen LogP contribution in [0.3, 0.4) is 0 Å². The van der Waals surface area contributed by atoms with Crippen molar-refractivity contribution in [3.63, 3.8) is 0 Å². The topological polar surface area (TPSA) is 53.3 Å². The van der Waals surface area contributed by atoms with Gasteiger partial charge in [-0.25, -0.2) is 0 Å². The van der Waals surface area contributed by atoms with Crippen LogP contribution in [0.2, 0.25) is 0 Å². The van der Waals surface area contributed by atoms with E-state index in [0.717, 1.165) is 12.8 Å². The molecule has 0 saturated heterocycles. The van der Waals surface area contributed by atoms with Crippen molar-refractivity contribution in [3.8, 4) is 6.07 Å². The van der Waals surface area contributed by atoms with Gasteiger partial charge >= 0.3 is 0 Å². The smallest absolute Gasteiger partial charge is 0.243 e. The molecule has 4 nitrogen and oxygen atoms in total. The number of hydrogen-bond acceptors (Lipinski definition) is 3. The second kappa shape index (κ2) is 4.66. The summed E-state index contributed by atoms with van der Waals surface area (Å²) in [4.78, 5) is 14.3. The summed E-state index contributed by atoms with van der Waals surface area (Å²) in [6.07, 6.45) is 3.86. The number of amides is 1. The Labute approximate surface area is 103 Å². The summed E-state index contributed by atoms with van der Waals surface area (Å²) in [5.74, 6) is 0.654. The van der Waals surface area contributed by atoms with E-state index in [4.69, 9.17) is 10.00 Å². The third-order valence-electron chi connectivity index (χ3n) is 3.97. The molecule has 0 aromatic heterocycles. The van der Waals surface area contributed by atoms with Crippen LogP contribution in [0.4, 0.5) is 0 Å². The molecular formula is C13H20N2O2. The van der Waals surface area contributed by atoms with Crippen LogP contribution in [0.15, 0.2) is 0 Å². The molecule has 0 aliphatic heterocycles. The van der Waals surface area contributed by atoms with Crippen molar-refractivity contribution in [2.24, 2.45) is 11.3 Å². The highest BCUT2D eigenvalue weighted by Gasteiger charge is 2.53. The number of ether oxygens (including phenoxy) is 1. The summed E-state index contributed by atoms with van der Waals surface area (Å²) < 4.78 is 5.06. The Morgan fingerprint density at radius 3 is 2.65 bits per heavy atom. The van der Waals surface area contributed by atoms with Crippen molar-refractivity contribution in [1.29, 1.82) is 5.26 Å². The molecule has 2 aliphatic carbocycles. The van der Waals surface area contributed by atoms with E-state index in [2.05, 4.69) is 13.0 Å². The molecule has 4 heteroatoms. The number of methoxy groups -OCH3 is 1. The minimum Gasteiger partial charge on any atom is -0.383 e. The van der Waals surface area contributed by atoms with E-state index in [9.17, 15) is 4.79 Å².